The zero-order valence-electron chi connectivity index (χ0n) is 18.9. The number of ether oxygens (including phenoxy) is 1. The largest absolute Gasteiger partial charge is 0.507 e. The van der Waals surface area contributed by atoms with E-state index < -0.39 is 23.5 Å². The molecule has 1 saturated heterocycles. The number of nitrogens with zero attached hydrogens (tertiary/aromatic N) is 1. The molecule has 174 valence electrons. The third-order valence-corrected chi connectivity index (χ3v) is 6.36. The third kappa shape index (κ3) is 4.17. The lowest BCUT2D eigenvalue weighted by Gasteiger charge is -2.26. The van der Waals surface area contributed by atoms with E-state index in [4.69, 9.17) is 27.9 Å². The average molecular weight is 496 g/mol. The second kappa shape index (κ2) is 9.53. The molecule has 34 heavy (non-hydrogen) atoms. The number of aliphatic hydroxyl groups is 1. The van der Waals surface area contributed by atoms with Crippen LogP contribution in [0, 0.1) is 0 Å². The Bertz CT molecular complexity index is 1280. The first-order valence-corrected chi connectivity index (χ1v) is 11.5. The number of aliphatic hydroxyl groups excluding tert-OH is 1. The van der Waals surface area contributed by atoms with Crippen molar-refractivity contribution in [2.45, 2.75) is 25.8 Å². The molecule has 3 aromatic carbocycles. The Morgan fingerprint density at radius 3 is 2.24 bits per heavy atom. The number of carbonyl (C=O) groups excluding carboxylic acids is 2. The molecule has 5 nitrogen and oxygen atoms in total. The summed E-state index contributed by atoms with van der Waals surface area (Å²) in [6.45, 7) is 4.16. The molecule has 0 bridgehead atoms. The number of hydrogen-bond donors (Lipinski definition) is 1. The van der Waals surface area contributed by atoms with Crippen molar-refractivity contribution in [3.05, 3.63) is 99.0 Å². The molecule has 3 aromatic rings. The van der Waals surface area contributed by atoms with Gasteiger partial charge in [0.25, 0.3) is 11.7 Å². The number of methoxy groups -OCH3 is 1. The molecule has 1 N–H and O–H groups in total. The third-order valence-electron chi connectivity index (χ3n) is 5.87. The normalized spacial score (nSPS) is 17.5. The van der Waals surface area contributed by atoms with Gasteiger partial charge in [0, 0.05) is 10.7 Å². The van der Waals surface area contributed by atoms with Crippen molar-refractivity contribution in [3.8, 4) is 5.75 Å². The molecule has 1 atom stereocenters. The highest BCUT2D eigenvalue weighted by Gasteiger charge is 2.47. The Morgan fingerprint density at radius 1 is 1.00 bits per heavy atom. The van der Waals surface area contributed by atoms with Crippen LogP contribution in [0.5, 0.6) is 5.75 Å². The minimum atomic E-state index is -0.853. The van der Waals surface area contributed by atoms with Gasteiger partial charge >= 0.3 is 0 Å². The topological polar surface area (TPSA) is 66.8 Å². The van der Waals surface area contributed by atoms with Crippen LogP contribution in [0.25, 0.3) is 5.76 Å². The summed E-state index contributed by atoms with van der Waals surface area (Å²) in [5.74, 6) is -1.48. The van der Waals surface area contributed by atoms with Crippen molar-refractivity contribution >= 4 is 46.3 Å². The minimum absolute atomic E-state index is 0.0687. The summed E-state index contributed by atoms with van der Waals surface area (Å²) in [4.78, 5) is 28.0. The van der Waals surface area contributed by atoms with E-state index in [1.54, 1.807) is 0 Å². The molecular weight excluding hydrogens is 473 g/mol. The van der Waals surface area contributed by atoms with Crippen molar-refractivity contribution in [1.29, 1.82) is 0 Å². The van der Waals surface area contributed by atoms with Gasteiger partial charge in [0.05, 0.1) is 29.3 Å². The number of ketones is 1. The summed E-state index contributed by atoms with van der Waals surface area (Å²) in [6.07, 6.45) is 0. The maximum atomic E-state index is 13.3. The van der Waals surface area contributed by atoms with Gasteiger partial charge < -0.3 is 9.84 Å². The number of hydrogen-bond acceptors (Lipinski definition) is 4. The van der Waals surface area contributed by atoms with Gasteiger partial charge in [0.2, 0.25) is 0 Å². The molecule has 4 rings (SSSR count). The molecule has 7 heteroatoms. The number of rotatable bonds is 5. The summed E-state index contributed by atoms with van der Waals surface area (Å²) in [7, 11) is 1.40. The SMILES string of the molecule is COc1c(Cl)cc(Cl)cc1/C(O)=C1\C(=O)C(=O)N(c2ccc(C(C)C)cc2)C1c1ccccc1. The molecule has 1 aliphatic rings. The molecule has 1 unspecified atom stereocenters. The van der Waals surface area contributed by atoms with E-state index >= 15 is 0 Å². The Kier molecular flexibility index (Phi) is 6.69. The fourth-order valence-electron chi connectivity index (χ4n) is 4.16. The predicted octanol–water partition coefficient (Wildman–Crippen LogP) is 6.75. The maximum absolute atomic E-state index is 13.3. The van der Waals surface area contributed by atoms with Crippen LogP contribution in [0.15, 0.2) is 72.3 Å². The van der Waals surface area contributed by atoms with Crippen LogP contribution in [-0.2, 0) is 9.59 Å². The Morgan fingerprint density at radius 2 is 1.65 bits per heavy atom. The van der Waals surface area contributed by atoms with Crippen molar-refractivity contribution in [2.24, 2.45) is 0 Å². The van der Waals surface area contributed by atoms with Crippen LogP contribution in [-0.4, -0.2) is 23.9 Å². The molecular formula is C27H23Cl2NO4. The smallest absolute Gasteiger partial charge is 0.300 e. The Labute approximate surface area is 208 Å². The van der Waals surface area contributed by atoms with Crippen molar-refractivity contribution in [1.82, 2.24) is 0 Å². The summed E-state index contributed by atoms with van der Waals surface area (Å²) >= 11 is 12.4. The summed E-state index contributed by atoms with van der Waals surface area (Å²) < 4.78 is 5.37. The quantitative estimate of drug-likeness (QED) is 0.241. The van der Waals surface area contributed by atoms with E-state index in [0.29, 0.717) is 17.2 Å². The average Bonchev–Trinajstić information content (AvgIpc) is 3.09. The lowest BCUT2D eigenvalue weighted by molar-refractivity contribution is -0.132. The number of Topliss-reactive ketones (excluding diaryl/α,β-unsaturated/α-hetero) is 1. The number of amides is 1. The van der Waals surface area contributed by atoms with E-state index in [0.717, 1.165) is 5.56 Å². The number of halogens is 2. The van der Waals surface area contributed by atoms with E-state index in [9.17, 15) is 14.7 Å². The van der Waals surface area contributed by atoms with Crippen LogP contribution in [0.4, 0.5) is 5.69 Å². The molecule has 1 fully saturated rings. The zero-order chi connectivity index (χ0) is 24.6. The van der Waals surface area contributed by atoms with Crippen LogP contribution >= 0.6 is 23.2 Å². The molecule has 0 aliphatic carbocycles. The van der Waals surface area contributed by atoms with Gasteiger partial charge in [-0.1, -0.05) is 79.5 Å². The zero-order valence-corrected chi connectivity index (χ0v) is 20.4. The highest BCUT2D eigenvalue weighted by molar-refractivity contribution is 6.51. The van der Waals surface area contributed by atoms with Gasteiger partial charge in [0.1, 0.15) is 11.5 Å². The Hall–Kier alpha value is -3.28. The van der Waals surface area contributed by atoms with E-state index in [-0.39, 0.29) is 26.9 Å². The van der Waals surface area contributed by atoms with E-state index in [1.165, 1.54) is 24.1 Å². The number of benzene rings is 3. The second-order valence-electron chi connectivity index (χ2n) is 8.29. The first kappa shape index (κ1) is 23.9. The molecule has 0 saturated carbocycles. The highest BCUT2D eigenvalue weighted by atomic mass is 35.5. The van der Waals surface area contributed by atoms with Gasteiger partial charge in [-0.05, 0) is 41.3 Å². The van der Waals surface area contributed by atoms with Crippen molar-refractivity contribution in [2.75, 3.05) is 12.0 Å². The van der Waals surface area contributed by atoms with Crippen LogP contribution in [0.1, 0.15) is 42.5 Å². The van der Waals surface area contributed by atoms with Gasteiger partial charge in [-0.15, -0.1) is 0 Å². The number of carbonyl (C=O) groups is 2. The first-order chi connectivity index (χ1) is 16.2. The highest BCUT2D eigenvalue weighted by Crippen LogP contribution is 2.45. The molecule has 1 amide bonds. The van der Waals surface area contributed by atoms with Gasteiger partial charge in [-0.3, -0.25) is 14.5 Å². The van der Waals surface area contributed by atoms with Crippen LogP contribution < -0.4 is 9.64 Å². The molecule has 1 heterocycles. The van der Waals surface area contributed by atoms with Gasteiger partial charge in [0.15, 0.2) is 0 Å². The molecule has 0 aromatic heterocycles. The molecule has 1 aliphatic heterocycles. The fraction of sp³-hybridized carbons (Fsp3) is 0.185. The lowest BCUT2D eigenvalue weighted by atomic mass is 9.94. The Balaban J connectivity index is 1.96. The predicted molar refractivity (Wildman–Crippen MR) is 135 cm³/mol. The van der Waals surface area contributed by atoms with Crippen molar-refractivity contribution in [3.63, 3.8) is 0 Å². The summed E-state index contributed by atoms with van der Waals surface area (Å²) in [5, 5.41) is 11.8. The van der Waals surface area contributed by atoms with Crippen LogP contribution in [0.2, 0.25) is 10.0 Å². The standard InChI is InChI=1S/C27H23Cl2NO4/c1-15(2)16-9-11-19(12-10-16)30-23(17-7-5-4-6-8-17)22(25(32)27(30)33)24(31)20-13-18(28)14-21(29)26(20)34-3/h4-15,23,31H,1-3H3/b24-22+. The van der Waals surface area contributed by atoms with E-state index in [1.807, 2.05) is 54.6 Å². The summed E-state index contributed by atoms with van der Waals surface area (Å²) in [6, 6.07) is 18.6. The van der Waals surface area contributed by atoms with Gasteiger partial charge in [-0.25, -0.2) is 0 Å². The number of anilines is 1. The van der Waals surface area contributed by atoms with E-state index in [2.05, 4.69) is 13.8 Å². The maximum Gasteiger partial charge on any atom is 0.300 e. The lowest BCUT2D eigenvalue weighted by Crippen LogP contribution is -2.29. The summed E-state index contributed by atoms with van der Waals surface area (Å²) in [5.41, 5.74) is 2.39. The van der Waals surface area contributed by atoms with Gasteiger partial charge in [-0.2, -0.15) is 0 Å². The molecule has 0 radical (unpaired) electrons. The fourth-order valence-corrected chi connectivity index (χ4v) is 4.73. The monoisotopic (exact) mass is 495 g/mol. The van der Waals surface area contributed by atoms with Crippen LogP contribution in [0.3, 0.4) is 0 Å². The molecule has 0 spiro atoms. The second-order valence-corrected chi connectivity index (χ2v) is 9.14. The minimum Gasteiger partial charge on any atom is -0.507 e. The van der Waals surface area contributed by atoms with Crippen molar-refractivity contribution < 1.29 is 19.4 Å². The first-order valence-electron chi connectivity index (χ1n) is 10.7.